The van der Waals surface area contributed by atoms with Gasteiger partial charge >= 0.3 is 0 Å². The molecule has 0 aliphatic heterocycles. The number of hydrogen-bond acceptors (Lipinski definition) is 5. The molecule has 0 radical (unpaired) electrons. The number of benzene rings is 9. The Balaban J connectivity index is 0.934. The molecule has 5 nitrogen and oxygen atoms in total. The van der Waals surface area contributed by atoms with Crippen LogP contribution >= 0.6 is 0 Å². The van der Waals surface area contributed by atoms with Crippen LogP contribution in [0.4, 0.5) is 17.1 Å². The third-order valence-electron chi connectivity index (χ3n) is 11.5. The monoisotopic (exact) mass is 755 g/mol. The first-order chi connectivity index (χ1) is 29.2. The molecule has 0 atom stereocenters. The largest absolute Gasteiger partial charge is 0.454 e. The van der Waals surface area contributed by atoms with Crippen LogP contribution in [0.25, 0.3) is 99.2 Å². The van der Waals surface area contributed by atoms with Gasteiger partial charge in [-0.1, -0.05) is 109 Å². The summed E-state index contributed by atoms with van der Waals surface area (Å²) in [6, 6.07) is 68.5. The van der Waals surface area contributed by atoms with E-state index < -0.39 is 0 Å². The van der Waals surface area contributed by atoms with Crippen molar-refractivity contribution in [3.63, 3.8) is 0 Å². The number of oxazole rings is 1. The lowest BCUT2D eigenvalue weighted by atomic mass is 9.96. The highest BCUT2D eigenvalue weighted by molar-refractivity contribution is 6.10. The van der Waals surface area contributed by atoms with Gasteiger partial charge in [-0.25, -0.2) is 4.98 Å². The first kappa shape index (κ1) is 33.2. The standard InChI is InChI=1S/C54H33N3O2/c1-2-8-37-29-38(14-13-34(37)7-1)39-21-27-45-40(30-39)15-16-41-31-44(26-28-46(41)45)57(43-24-19-36(20-25-43)54-56-49-10-4-6-12-52(49)59-54)42-22-17-35(18-23-42)50-32-48-47-9-3-5-11-51(47)58-53(48)33-55-50/h1-33H. The van der Waals surface area contributed by atoms with E-state index in [4.69, 9.17) is 18.8 Å². The molecule has 0 amide bonds. The van der Waals surface area contributed by atoms with Crippen molar-refractivity contribution in [3.05, 3.63) is 200 Å². The van der Waals surface area contributed by atoms with E-state index in [1.54, 1.807) is 0 Å². The quantitative estimate of drug-likeness (QED) is 0.158. The van der Waals surface area contributed by atoms with Crippen molar-refractivity contribution in [3.8, 4) is 33.8 Å². The summed E-state index contributed by atoms with van der Waals surface area (Å²) in [5, 5.41) is 9.47. The average Bonchev–Trinajstić information content (AvgIpc) is 3.91. The lowest BCUT2D eigenvalue weighted by Crippen LogP contribution is -2.10. The van der Waals surface area contributed by atoms with Crippen molar-refractivity contribution in [2.45, 2.75) is 0 Å². The van der Waals surface area contributed by atoms with Crippen molar-refractivity contribution in [2.24, 2.45) is 0 Å². The number of anilines is 3. The highest BCUT2D eigenvalue weighted by atomic mass is 16.3. The summed E-state index contributed by atoms with van der Waals surface area (Å²) in [7, 11) is 0. The normalized spacial score (nSPS) is 11.7. The van der Waals surface area contributed by atoms with Crippen molar-refractivity contribution in [1.29, 1.82) is 0 Å². The minimum atomic E-state index is 0.602. The Morgan fingerprint density at radius 3 is 1.75 bits per heavy atom. The van der Waals surface area contributed by atoms with Crippen LogP contribution < -0.4 is 4.90 Å². The number of nitrogens with zero attached hydrogens (tertiary/aromatic N) is 3. The van der Waals surface area contributed by atoms with Crippen LogP contribution in [0.3, 0.4) is 0 Å². The first-order valence-electron chi connectivity index (χ1n) is 19.8. The van der Waals surface area contributed by atoms with Gasteiger partial charge in [0.05, 0.1) is 11.9 Å². The Labute approximate surface area is 339 Å². The SMILES string of the molecule is c1ccc2cc(-c3ccc4c(ccc5cc(N(c6ccc(-c7cc8c(cn7)oc7ccccc78)cc6)c6ccc(-c7nc8ccccc8o7)cc6)ccc54)c3)ccc2c1. The Hall–Kier alpha value is -8.02. The lowest BCUT2D eigenvalue weighted by molar-refractivity contribution is 0.620. The molecule has 9 aromatic carbocycles. The second-order valence-electron chi connectivity index (χ2n) is 15.0. The van der Waals surface area contributed by atoms with Crippen LogP contribution in [0.1, 0.15) is 0 Å². The van der Waals surface area contributed by atoms with E-state index in [-0.39, 0.29) is 0 Å². The fraction of sp³-hybridized carbons (Fsp3) is 0. The van der Waals surface area contributed by atoms with Crippen LogP contribution in [-0.4, -0.2) is 9.97 Å². The maximum atomic E-state index is 6.12. The number of rotatable bonds is 6. The van der Waals surface area contributed by atoms with Gasteiger partial charge in [-0.05, 0) is 128 Å². The van der Waals surface area contributed by atoms with Gasteiger partial charge < -0.3 is 13.7 Å². The summed E-state index contributed by atoms with van der Waals surface area (Å²) < 4.78 is 12.2. The second kappa shape index (κ2) is 13.3. The average molecular weight is 756 g/mol. The van der Waals surface area contributed by atoms with Gasteiger partial charge in [0.2, 0.25) is 5.89 Å². The highest BCUT2D eigenvalue weighted by Crippen LogP contribution is 2.40. The molecule has 0 N–H and O–H groups in total. The number of pyridine rings is 1. The predicted molar refractivity (Wildman–Crippen MR) is 243 cm³/mol. The van der Waals surface area contributed by atoms with E-state index in [0.717, 1.165) is 66.9 Å². The maximum absolute atomic E-state index is 6.12. The zero-order valence-corrected chi connectivity index (χ0v) is 31.7. The van der Waals surface area contributed by atoms with Crippen LogP contribution in [0.2, 0.25) is 0 Å². The summed E-state index contributed by atoms with van der Waals surface area (Å²) in [6.45, 7) is 0. The lowest BCUT2D eigenvalue weighted by Gasteiger charge is -2.26. The molecule has 0 unspecified atom stereocenters. The second-order valence-corrected chi connectivity index (χ2v) is 15.0. The number of hydrogen-bond donors (Lipinski definition) is 0. The van der Waals surface area contributed by atoms with Gasteiger partial charge in [0, 0.05) is 39.0 Å². The van der Waals surface area contributed by atoms with Crippen molar-refractivity contribution in [2.75, 3.05) is 4.90 Å². The van der Waals surface area contributed by atoms with E-state index in [0.29, 0.717) is 5.89 Å². The highest BCUT2D eigenvalue weighted by Gasteiger charge is 2.17. The Morgan fingerprint density at radius 2 is 0.949 bits per heavy atom. The molecular weight excluding hydrogens is 723 g/mol. The predicted octanol–water partition coefficient (Wildman–Crippen LogP) is 15.1. The summed E-state index contributed by atoms with van der Waals surface area (Å²) in [6.07, 6.45) is 1.83. The van der Waals surface area contributed by atoms with Gasteiger partial charge in [-0.2, -0.15) is 0 Å². The third kappa shape index (κ3) is 5.71. The minimum absolute atomic E-state index is 0.602. The van der Waals surface area contributed by atoms with Crippen molar-refractivity contribution in [1.82, 2.24) is 9.97 Å². The van der Waals surface area contributed by atoms with Crippen LogP contribution in [0, 0.1) is 0 Å². The van der Waals surface area contributed by atoms with E-state index in [2.05, 4.69) is 157 Å². The molecular formula is C54H33N3O2. The zero-order valence-electron chi connectivity index (χ0n) is 31.7. The molecule has 0 aliphatic rings. The zero-order chi connectivity index (χ0) is 38.9. The molecule has 0 saturated carbocycles. The maximum Gasteiger partial charge on any atom is 0.227 e. The topological polar surface area (TPSA) is 55.3 Å². The molecule has 0 spiro atoms. The molecule has 59 heavy (non-hydrogen) atoms. The minimum Gasteiger partial charge on any atom is -0.454 e. The molecule has 0 bridgehead atoms. The van der Waals surface area contributed by atoms with E-state index in [1.807, 2.05) is 48.7 Å². The fourth-order valence-corrected chi connectivity index (χ4v) is 8.51. The Bertz CT molecular complexity index is 3530. The Morgan fingerprint density at radius 1 is 0.356 bits per heavy atom. The van der Waals surface area contributed by atoms with Gasteiger partial charge in [-0.15, -0.1) is 0 Å². The van der Waals surface area contributed by atoms with Gasteiger partial charge in [-0.3, -0.25) is 4.98 Å². The van der Waals surface area contributed by atoms with Gasteiger partial charge in [0.15, 0.2) is 11.2 Å². The van der Waals surface area contributed by atoms with Crippen molar-refractivity contribution >= 4 is 82.4 Å². The molecule has 276 valence electrons. The molecule has 0 saturated heterocycles. The van der Waals surface area contributed by atoms with E-state index in [9.17, 15) is 0 Å². The summed E-state index contributed by atoms with van der Waals surface area (Å²) in [4.78, 5) is 11.8. The smallest absolute Gasteiger partial charge is 0.227 e. The molecule has 3 heterocycles. The number of aromatic nitrogens is 2. The molecule has 3 aromatic heterocycles. The molecule has 12 rings (SSSR count). The van der Waals surface area contributed by atoms with Crippen molar-refractivity contribution < 1.29 is 8.83 Å². The molecule has 12 aromatic rings. The van der Waals surface area contributed by atoms with E-state index in [1.165, 1.54) is 43.4 Å². The van der Waals surface area contributed by atoms with Gasteiger partial charge in [0.25, 0.3) is 0 Å². The summed E-state index contributed by atoms with van der Waals surface area (Å²) in [5.74, 6) is 0.602. The Kier molecular flexibility index (Phi) is 7.47. The first-order valence-corrected chi connectivity index (χ1v) is 19.8. The number of furan rings is 1. The molecule has 0 fully saturated rings. The third-order valence-corrected chi connectivity index (χ3v) is 11.5. The molecule has 5 heteroatoms. The molecule has 0 aliphatic carbocycles. The van der Waals surface area contributed by atoms with Crippen LogP contribution in [0.5, 0.6) is 0 Å². The number of fused-ring (bicyclic) bond motifs is 8. The van der Waals surface area contributed by atoms with Crippen LogP contribution in [-0.2, 0) is 0 Å². The summed E-state index contributed by atoms with van der Waals surface area (Å²) in [5.41, 5.74) is 11.6. The van der Waals surface area contributed by atoms with Crippen LogP contribution in [0.15, 0.2) is 209 Å². The van der Waals surface area contributed by atoms with Gasteiger partial charge in [0.1, 0.15) is 11.1 Å². The number of para-hydroxylation sites is 3. The van der Waals surface area contributed by atoms with E-state index >= 15 is 0 Å². The fourth-order valence-electron chi connectivity index (χ4n) is 8.51. The summed E-state index contributed by atoms with van der Waals surface area (Å²) >= 11 is 0.